The Balaban J connectivity index is 2.01. The van der Waals surface area contributed by atoms with Gasteiger partial charge in [0, 0.05) is 18.1 Å². The van der Waals surface area contributed by atoms with Crippen molar-refractivity contribution in [3.05, 3.63) is 42.1 Å². The SMILES string of the molecule is CCCC(NCCc1cccc2cccnc12)C(=O)O. The fourth-order valence-electron chi connectivity index (χ4n) is 2.35. The fraction of sp³-hybridized carbons (Fsp3) is 0.375. The predicted octanol–water partition coefficient (Wildman–Crippen LogP) is 2.62. The number of hydrogen-bond acceptors (Lipinski definition) is 3. The highest BCUT2D eigenvalue weighted by Gasteiger charge is 2.14. The molecule has 2 N–H and O–H groups in total. The van der Waals surface area contributed by atoms with Crippen molar-refractivity contribution in [2.75, 3.05) is 6.54 Å². The minimum Gasteiger partial charge on any atom is -0.480 e. The van der Waals surface area contributed by atoms with Crippen molar-refractivity contribution in [1.82, 2.24) is 10.3 Å². The standard InChI is InChI=1S/C16H20N2O2/c1-2-5-14(16(19)20)17-11-9-13-7-3-6-12-8-4-10-18-15(12)13/h3-4,6-8,10,14,17H,2,5,9,11H2,1H3,(H,19,20). The second-order valence-electron chi connectivity index (χ2n) is 4.88. The number of para-hydroxylation sites is 1. The third kappa shape index (κ3) is 3.54. The zero-order chi connectivity index (χ0) is 14.4. The van der Waals surface area contributed by atoms with Crippen LogP contribution in [-0.2, 0) is 11.2 Å². The third-order valence-electron chi connectivity index (χ3n) is 3.38. The van der Waals surface area contributed by atoms with Crippen LogP contribution >= 0.6 is 0 Å². The van der Waals surface area contributed by atoms with E-state index < -0.39 is 12.0 Å². The van der Waals surface area contributed by atoms with Gasteiger partial charge in [-0.1, -0.05) is 37.6 Å². The van der Waals surface area contributed by atoms with Crippen LogP contribution in [-0.4, -0.2) is 28.6 Å². The summed E-state index contributed by atoms with van der Waals surface area (Å²) in [4.78, 5) is 15.5. The van der Waals surface area contributed by atoms with Crippen molar-refractivity contribution in [1.29, 1.82) is 0 Å². The highest BCUT2D eigenvalue weighted by Crippen LogP contribution is 2.16. The molecule has 0 bridgehead atoms. The van der Waals surface area contributed by atoms with Crippen molar-refractivity contribution in [3.8, 4) is 0 Å². The molecule has 20 heavy (non-hydrogen) atoms. The summed E-state index contributed by atoms with van der Waals surface area (Å²) < 4.78 is 0. The van der Waals surface area contributed by atoms with Crippen molar-refractivity contribution in [2.45, 2.75) is 32.2 Å². The number of carbonyl (C=O) groups is 1. The summed E-state index contributed by atoms with van der Waals surface area (Å²) in [5, 5.41) is 13.3. The Morgan fingerprint density at radius 1 is 1.35 bits per heavy atom. The third-order valence-corrected chi connectivity index (χ3v) is 3.38. The maximum absolute atomic E-state index is 11.1. The normalized spacial score (nSPS) is 12.4. The van der Waals surface area contributed by atoms with Gasteiger partial charge in [-0.15, -0.1) is 0 Å². The van der Waals surface area contributed by atoms with Crippen LogP contribution < -0.4 is 5.32 Å². The van der Waals surface area contributed by atoms with E-state index in [1.807, 2.05) is 37.3 Å². The smallest absolute Gasteiger partial charge is 0.320 e. The Kier molecular flexibility index (Phi) is 5.07. The largest absolute Gasteiger partial charge is 0.480 e. The van der Waals surface area contributed by atoms with E-state index in [-0.39, 0.29) is 0 Å². The highest BCUT2D eigenvalue weighted by atomic mass is 16.4. The van der Waals surface area contributed by atoms with Gasteiger partial charge in [-0.3, -0.25) is 9.78 Å². The van der Waals surface area contributed by atoms with Gasteiger partial charge in [-0.05, 0) is 24.5 Å². The second kappa shape index (κ2) is 7.01. The molecule has 0 aliphatic heterocycles. The number of carboxylic acid groups (broad SMARTS) is 1. The molecule has 1 atom stereocenters. The van der Waals surface area contributed by atoms with Gasteiger partial charge in [0.05, 0.1) is 5.52 Å². The first kappa shape index (κ1) is 14.5. The van der Waals surface area contributed by atoms with E-state index >= 15 is 0 Å². The molecule has 4 heteroatoms. The number of nitrogens with one attached hydrogen (secondary N) is 1. The van der Waals surface area contributed by atoms with E-state index in [0.717, 1.165) is 29.3 Å². The monoisotopic (exact) mass is 272 g/mol. The number of benzene rings is 1. The molecule has 106 valence electrons. The molecule has 0 aliphatic carbocycles. The zero-order valence-corrected chi connectivity index (χ0v) is 11.7. The molecule has 1 heterocycles. The lowest BCUT2D eigenvalue weighted by atomic mass is 10.1. The molecule has 1 unspecified atom stereocenters. The van der Waals surface area contributed by atoms with Gasteiger partial charge in [-0.2, -0.15) is 0 Å². The molecule has 1 aromatic heterocycles. The molecule has 0 spiro atoms. The average molecular weight is 272 g/mol. The first-order chi connectivity index (χ1) is 9.72. The maximum atomic E-state index is 11.1. The number of nitrogens with zero attached hydrogens (tertiary/aromatic N) is 1. The lowest BCUT2D eigenvalue weighted by Gasteiger charge is -2.13. The van der Waals surface area contributed by atoms with E-state index in [0.29, 0.717) is 13.0 Å². The summed E-state index contributed by atoms with van der Waals surface area (Å²) in [6.07, 6.45) is 4.08. The molecule has 4 nitrogen and oxygen atoms in total. The van der Waals surface area contributed by atoms with Crippen molar-refractivity contribution in [2.24, 2.45) is 0 Å². The van der Waals surface area contributed by atoms with Gasteiger partial charge in [0.2, 0.25) is 0 Å². The number of pyridine rings is 1. The van der Waals surface area contributed by atoms with E-state index in [2.05, 4.69) is 10.3 Å². The summed E-state index contributed by atoms with van der Waals surface area (Å²) in [5.74, 6) is -0.775. The van der Waals surface area contributed by atoms with E-state index in [9.17, 15) is 4.79 Å². The Morgan fingerprint density at radius 3 is 2.90 bits per heavy atom. The number of fused-ring (bicyclic) bond motifs is 1. The Labute approximate surface area is 118 Å². The van der Waals surface area contributed by atoms with E-state index in [1.54, 1.807) is 6.20 Å². The fourth-order valence-corrected chi connectivity index (χ4v) is 2.35. The molecule has 0 radical (unpaired) electrons. The summed E-state index contributed by atoms with van der Waals surface area (Å²) in [5.41, 5.74) is 2.15. The second-order valence-corrected chi connectivity index (χ2v) is 4.88. The highest BCUT2D eigenvalue weighted by molar-refractivity contribution is 5.81. The van der Waals surface area contributed by atoms with Crippen LogP contribution in [0, 0.1) is 0 Å². The minimum atomic E-state index is -0.775. The number of hydrogen-bond donors (Lipinski definition) is 2. The molecular weight excluding hydrogens is 252 g/mol. The molecule has 0 fully saturated rings. The summed E-state index contributed by atoms with van der Waals surface area (Å²) in [6.45, 7) is 2.64. The van der Waals surface area contributed by atoms with Crippen LogP contribution in [0.15, 0.2) is 36.5 Å². The lowest BCUT2D eigenvalue weighted by molar-refractivity contribution is -0.139. The van der Waals surface area contributed by atoms with Crippen LogP contribution in [0.4, 0.5) is 0 Å². The molecule has 0 saturated carbocycles. The number of rotatable bonds is 7. The molecule has 0 aliphatic rings. The average Bonchev–Trinajstić information content (AvgIpc) is 2.46. The molecule has 0 amide bonds. The van der Waals surface area contributed by atoms with Crippen LogP contribution in [0.5, 0.6) is 0 Å². The maximum Gasteiger partial charge on any atom is 0.320 e. The van der Waals surface area contributed by atoms with Gasteiger partial charge in [0.25, 0.3) is 0 Å². The van der Waals surface area contributed by atoms with Gasteiger partial charge < -0.3 is 10.4 Å². The number of aliphatic carboxylic acids is 1. The molecule has 2 aromatic rings. The Morgan fingerprint density at radius 2 is 2.15 bits per heavy atom. The van der Waals surface area contributed by atoms with Gasteiger partial charge in [-0.25, -0.2) is 0 Å². The van der Waals surface area contributed by atoms with Crippen LogP contribution in [0.3, 0.4) is 0 Å². The molecule has 0 saturated heterocycles. The van der Waals surface area contributed by atoms with Gasteiger partial charge >= 0.3 is 5.97 Å². The Bertz CT molecular complexity index is 578. The van der Waals surface area contributed by atoms with Crippen molar-refractivity contribution >= 4 is 16.9 Å². The molecule has 1 aromatic carbocycles. The topological polar surface area (TPSA) is 62.2 Å². The zero-order valence-electron chi connectivity index (χ0n) is 11.7. The van der Waals surface area contributed by atoms with E-state index in [4.69, 9.17) is 5.11 Å². The molecular formula is C16H20N2O2. The number of carboxylic acids is 1. The van der Waals surface area contributed by atoms with Gasteiger partial charge in [0.15, 0.2) is 0 Å². The molecule has 2 rings (SSSR count). The van der Waals surface area contributed by atoms with Gasteiger partial charge in [0.1, 0.15) is 6.04 Å². The lowest BCUT2D eigenvalue weighted by Crippen LogP contribution is -2.37. The van der Waals surface area contributed by atoms with E-state index in [1.165, 1.54) is 0 Å². The predicted molar refractivity (Wildman–Crippen MR) is 79.8 cm³/mol. The summed E-state index contributed by atoms with van der Waals surface area (Å²) in [7, 11) is 0. The van der Waals surface area contributed by atoms with Crippen LogP contribution in [0.1, 0.15) is 25.3 Å². The first-order valence-corrected chi connectivity index (χ1v) is 7.01. The summed E-state index contributed by atoms with van der Waals surface area (Å²) in [6, 6.07) is 9.61. The minimum absolute atomic E-state index is 0.456. The van der Waals surface area contributed by atoms with Crippen LogP contribution in [0.2, 0.25) is 0 Å². The summed E-state index contributed by atoms with van der Waals surface area (Å²) >= 11 is 0. The Hall–Kier alpha value is -1.94. The van der Waals surface area contributed by atoms with Crippen LogP contribution in [0.25, 0.3) is 10.9 Å². The quantitative estimate of drug-likeness (QED) is 0.813. The van der Waals surface area contributed by atoms with Crippen molar-refractivity contribution < 1.29 is 9.90 Å². The first-order valence-electron chi connectivity index (χ1n) is 7.01. The number of aromatic nitrogens is 1. The van der Waals surface area contributed by atoms with Crippen molar-refractivity contribution in [3.63, 3.8) is 0 Å².